The van der Waals surface area contributed by atoms with Crippen LogP contribution in [0.2, 0.25) is 5.02 Å². The topological polar surface area (TPSA) is 86.5 Å². The van der Waals surface area contributed by atoms with Gasteiger partial charge in [0.05, 0.1) is 15.5 Å². The maximum absolute atomic E-state index is 13.2. The van der Waals surface area contributed by atoms with Gasteiger partial charge in [-0.15, -0.1) is 0 Å². The highest BCUT2D eigenvalue weighted by Gasteiger charge is 2.28. The van der Waals surface area contributed by atoms with Gasteiger partial charge in [-0.25, -0.2) is 4.79 Å². The summed E-state index contributed by atoms with van der Waals surface area (Å²) in [6.45, 7) is 3.82. The Morgan fingerprint density at radius 2 is 1.67 bits per heavy atom. The van der Waals surface area contributed by atoms with Crippen molar-refractivity contribution in [2.24, 2.45) is 0 Å². The molecule has 1 atom stereocenters. The minimum atomic E-state index is -1.23. The molecule has 3 aromatic carbocycles. The molecule has 30 heavy (non-hydrogen) atoms. The lowest BCUT2D eigenvalue weighted by Gasteiger charge is -2.18. The number of non-ortho nitro benzene ring substituents is 1. The Kier molecular flexibility index (Phi) is 6.28. The Morgan fingerprint density at radius 1 is 0.967 bits per heavy atom. The van der Waals surface area contributed by atoms with E-state index in [4.69, 9.17) is 16.3 Å². The summed E-state index contributed by atoms with van der Waals surface area (Å²) in [5.74, 6) is -1.33. The third-order valence-electron chi connectivity index (χ3n) is 4.74. The fraction of sp³-hybridized carbons (Fsp3) is 0.130. The van der Waals surface area contributed by atoms with E-state index in [1.165, 1.54) is 12.1 Å². The van der Waals surface area contributed by atoms with Gasteiger partial charge in [0, 0.05) is 23.3 Å². The summed E-state index contributed by atoms with van der Waals surface area (Å²) in [6.07, 6.45) is -1.23. The van der Waals surface area contributed by atoms with Crippen molar-refractivity contribution in [3.05, 3.63) is 110 Å². The van der Waals surface area contributed by atoms with Crippen molar-refractivity contribution in [2.45, 2.75) is 20.0 Å². The van der Waals surface area contributed by atoms with E-state index in [-0.39, 0.29) is 16.3 Å². The highest BCUT2D eigenvalue weighted by atomic mass is 35.5. The van der Waals surface area contributed by atoms with Crippen LogP contribution in [0.15, 0.2) is 66.7 Å². The summed E-state index contributed by atoms with van der Waals surface area (Å²) in [7, 11) is 0. The fourth-order valence-electron chi connectivity index (χ4n) is 2.90. The molecule has 0 saturated heterocycles. The smallest absolute Gasteiger partial charge is 0.340 e. The van der Waals surface area contributed by atoms with Crippen LogP contribution >= 0.6 is 11.6 Å². The number of nitro benzene ring substituents is 1. The Balaban J connectivity index is 1.99. The number of Topliss-reactive ketones (excluding diaryl/α,β-unsaturated/α-hetero) is 1. The Bertz CT molecular complexity index is 1130. The second kappa shape index (κ2) is 8.88. The average molecular weight is 424 g/mol. The van der Waals surface area contributed by atoms with E-state index in [9.17, 15) is 19.7 Å². The molecule has 0 aliphatic rings. The van der Waals surface area contributed by atoms with Gasteiger partial charge < -0.3 is 4.74 Å². The van der Waals surface area contributed by atoms with Gasteiger partial charge in [0.2, 0.25) is 5.78 Å². The SMILES string of the molecule is Cc1ccc(C(=O)[C@@H](OC(=O)c2cc([N+](=O)[O-])ccc2Cl)c2ccccc2)cc1C. The molecule has 7 heteroatoms. The van der Waals surface area contributed by atoms with E-state index in [2.05, 4.69) is 0 Å². The Labute approximate surface area is 178 Å². The number of esters is 1. The van der Waals surface area contributed by atoms with Gasteiger partial charge >= 0.3 is 5.97 Å². The number of halogens is 1. The molecular weight excluding hydrogens is 406 g/mol. The summed E-state index contributed by atoms with van der Waals surface area (Å²) in [4.78, 5) is 36.4. The predicted octanol–water partition coefficient (Wildman–Crippen LogP) is 5.65. The molecule has 0 fully saturated rings. The number of rotatable bonds is 6. The molecule has 0 N–H and O–H groups in total. The van der Waals surface area contributed by atoms with Gasteiger partial charge in [-0.05, 0) is 37.1 Å². The molecule has 0 aliphatic carbocycles. The molecule has 0 unspecified atom stereocenters. The summed E-state index contributed by atoms with van der Waals surface area (Å²) in [5.41, 5.74) is 2.35. The standard InChI is InChI=1S/C23H18ClNO5/c1-14-8-9-17(12-15(14)2)21(26)22(16-6-4-3-5-7-16)30-23(27)19-13-18(25(28)29)10-11-20(19)24/h3-13,22H,1-2H3/t22-/m0/s1. The van der Waals surface area contributed by atoms with Gasteiger partial charge in [-0.1, -0.05) is 54.1 Å². The third kappa shape index (κ3) is 4.55. The second-order valence-electron chi connectivity index (χ2n) is 6.78. The Hall–Kier alpha value is -3.51. The fourth-order valence-corrected chi connectivity index (χ4v) is 3.10. The van der Waals surface area contributed by atoms with Crippen LogP contribution in [0.4, 0.5) is 5.69 Å². The van der Waals surface area contributed by atoms with E-state index in [0.717, 1.165) is 17.2 Å². The largest absolute Gasteiger partial charge is 0.445 e. The maximum Gasteiger partial charge on any atom is 0.340 e. The summed E-state index contributed by atoms with van der Waals surface area (Å²) >= 11 is 6.05. The molecule has 0 aromatic heterocycles. The zero-order valence-electron chi connectivity index (χ0n) is 16.3. The van der Waals surface area contributed by atoms with Crippen molar-refractivity contribution >= 4 is 29.0 Å². The van der Waals surface area contributed by atoms with Crippen molar-refractivity contribution in [2.75, 3.05) is 0 Å². The molecule has 3 rings (SSSR count). The van der Waals surface area contributed by atoms with E-state index in [1.807, 2.05) is 19.9 Å². The minimum absolute atomic E-state index is 0.00367. The quantitative estimate of drug-likeness (QED) is 0.221. The molecule has 3 aromatic rings. The number of hydrogen-bond donors (Lipinski definition) is 0. The van der Waals surface area contributed by atoms with Crippen molar-refractivity contribution < 1.29 is 19.2 Å². The molecule has 0 bridgehead atoms. The lowest BCUT2D eigenvalue weighted by Crippen LogP contribution is -2.21. The van der Waals surface area contributed by atoms with Crippen molar-refractivity contribution in [3.63, 3.8) is 0 Å². The number of ether oxygens (including phenoxy) is 1. The zero-order valence-corrected chi connectivity index (χ0v) is 17.1. The number of nitro groups is 1. The van der Waals surface area contributed by atoms with E-state index in [0.29, 0.717) is 11.1 Å². The second-order valence-corrected chi connectivity index (χ2v) is 7.19. The molecular formula is C23H18ClNO5. The van der Waals surface area contributed by atoms with Crippen LogP contribution in [0.3, 0.4) is 0 Å². The van der Waals surface area contributed by atoms with E-state index >= 15 is 0 Å². The molecule has 0 saturated carbocycles. The maximum atomic E-state index is 13.2. The first-order valence-corrected chi connectivity index (χ1v) is 9.47. The predicted molar refractivity (Wildman–Crippen MR) is 113 cm³/mol. The molecule has 152 valence electrons. The number of nitrogens with zero attached hydrogens (tertiary/aromatic N) is 1. The van der Waals surface area contributed by atoms with Gasteiger partial charge in [0.15, 0.2) is 6.10 Å². The molecule has 0 spiro atoms. The van der Waals surface area contributed by atoms with Crippen LogP contribution in [-0.2, 0) is 4.74 Å². The van der Waals surface area contributed by atoms with Crippen LogP contribution in [0.1, 0.15) is 43.5 Å². The van der Waals surface area contributed by atoms with Gasteiger partial charge in [0.25, 0.3) is 5.69 Å². The first-order chi connectivity index (χ1) is 14.3. The first kappa shape index (κ1) is 21.2. The number of hydrogen-bond acceptors (Lipinski definition) is 5. The van der Waals surface area contributed by atoms with Gasteiger partial charge in [-0.3, -0.25) is 14.9 Å². The lowest BCUT2D eigenvalue weighted by molar-refractivity contribution is -0.384. The zero-order chi connectivity index (χ0) is 21.8. The number of carbonyl (C=O) groups excluding carboxylic acids is 2. The Morgan fingerprint density at radius 3 is 2.30 bits per heavy atom. The summed E-state index contributed by atoms with van der Waals surface area (Å²) in [6, 6.07) is 17.3. The molecule has 0 radical (unpaired) electrons. The van der Waals surface area contributed by atoms with Crippen LogP contribution in [0.5, 0.6) is 0 Å². The number of ketones is 1. The van der Waals surface area contributed by atoms with Crippen LogP contribution in [-0.4, -0.2) is 16.7 Å². The van der Waals surface area contributed by atoms with E-state index < -0.39 is 22.8 Å². The molecule has 0 amide bonds. The lowest BCUT2D eigenvalue weighted by atomic mass is 9.97. The number of carbonyl (C=O) groups is 2. The normalized spacial score (nSPS) is 11.6. The summed E-state index contributed by atoms with van der Waals surface area (Å²) in [5, 5.41) is 11.0. The molecule has 0 heterocycles. The minimum Gasteiger partial charge on any atom is -0.445 e. The van der Waals surface area contributed by atoms with Crippen LogP contribution in [0, 0.1) is 24.0 Å². The van der Waals surface area contributed by atoms with Crippen molar-refractivity contribution in [3.8, 4) is 0 Å². The molecule has 0 aliphatic heterocycles. The van der Waals surface area contributed by atoms with Gasteiger partial charge in [-0.2, -0.15) is 0 Å². The summed E-state index contributed by atoms with van der Waals surface area (Å²) < 4.78 is 5.53. The van der Waals surface area contributed by atoms with Crippen LogP contribution in [0.25, 0.3) is 0 Å². The highest BCUT2D eigenvalue weighted by molar-refractivity contribution is 6.33. The van der Waals surface area contributed by atoms with Crippen LogP contribution < -0.4 is 0 Å². The number of benzene rings is 3. The first-order valence-electron chi connectivity index (χ1n) is 9.09. The third-order valence-corrected chi connectivity index (χ3v) is 5.07. The van der Waals surface area contributed by atoms with Crippen molar-refractivity contribution in [1.82, 2.24) is 0 Å². The average Bonchev–Trinajstić information content (AvgIpc) is 2.74. The molecule has 6 nitrogen and oxygen atoms in total. The van der Waals surface area contributed by atoms with E-state index in [1.54, 1.807) is 42.5 Å². The monoisotopic (exact) mass is 423 g/mol. The highest BCUT2D eigenvalue weighted by Crippen LogP contribution is 2.28. The van der Waals surface area contributed by atoms with Crippen molar-refractivity contribution in [1.29, 1.82) is 0 Å². The van der Waals surface area contributed by atoms with Gasteiger partial charge in [0.1, 0.15) is 0 Å². The number of aryl methyl sites for hydroxylation is 2.